The van der Waals surface area contributed by atoms with Gasteiger partial charge in [-0.1, -0.05) is 6.07 Å². The molecular formula is C17H21N5O2. The third-order valence-corrected chi connectivity index (χ3v) is 4.00. The van der Waals surface area contributed by atoms with E-state index in [0.717, 1.165) is 29.2 Å². The first-order chi connectivity index (χ1) is 11.7. The van der Waals surface area contributed by atoms with E-state index < -0.39 is 0 Å². The van der Waals surface area contributed by atoms with Gasteiger partial charge in [0.05, 0.1) is 18.8 Å². The topological polar surface area (TPSA) is 80.2 Å². The number of ether oxygens (including phenoxy) is 1. The highest BCUT2D eigenvalue weighted by atomic mass is 16.5. The number of carbonyl (C=O) groups is 1. The van der Waals surface area contributed by atoms with Crippen LogP contribution in [-0.4, -0.2) is 52.6 Å². The van der Waals surface area contributed by atoms with Gasteiger partial charge in [-0.15, -0.1) is 0 Å². The summed E-state index contributed by atoms with van der Waals surface area (Å²) in [6, 6.07) is 5.65. The van der Waals surface area contributed by atoms with Gasteiger partial charge in [-0.25, -0.2) is 9.97 Å². The molecule has 1 N–H and O–H groups in total. The van der Waals surface area contributed by atoms with Crippen LogP contribution < -0.4 is 5.32 Å². The smallest absolute Gasteiger partial charge is 0.219 e. The molecule has 3 rings (SSSR count). The summed E-state index contributed by atoms with van der Waals surface area (Å²) in [7, 11) is 1.67. The average Bonchev–Trinajstić information content (AvgIpc) is 2.62. The van der Waals surface area contributed by atoms with Crippen LogP contribution in [0.5, 0.6) is 0 Å². The molecular weight excluding hydrogens is 306 g/mol. The lowest BCUT2D eigenvalue weighted by Gasteiger charge is -2.28. The number of hydrogen-bond acceptors (Lipinski definition) is 6. The molecule has 0 radical (unpaired) electrons. The summed E-state index contributed by atoms with van der Waals surface area (Å²) in [5.41, 5.74) is 2.67. The van der Waals surface area contributed by atoms with E-state index in [9.17, 15) is 4.79 Å². The van der Waals surface area contributed by atoms with Gasteiger partial charge in [-0.2, -0.15) is 0 Å². The molecule has 0 bridgehead atoms. The first-order valence-electron chi connectivity index (χ1n) is 7.98. The highest BCUT2D eigenvalue weighted by Crippen LogP contribution is 2.26. The van der Waals surface area contributed by atoms with Crippen molar-refractivity contribution >= 4 is 11.7 Å². The summed E-state index contributed by atoms with van der Waals surface area (Å²) < 4.78 is 5.10. The van der Waals surface area contributed by atoms with Crippen LogP contribution >= 0.6 is 0 Å². The van der Waals surface area contributed by atoms with Crippen LogP contribution in [-0.2, 0) is 22.5 Å². The molecule has 0 saturated carbocycles. The third kappa shape index (κ3) is 3.51. The molecule has 2 aromatic heterocycles. The molecule has 0 aliphatic carbocycles. The molecule has 0 atom stereocenters. The number of aromatic nitrogens is 3. The number of hydrogen-bond donors (Lipinski definition) is 1. The molecule has 1 aliphatic rings. The van der Waals surface area contributed by atoms with Crippen molar-refractivity contribution < 1.29 is 9.53 Å². The van der Waals surface area contributed by atoms with E-state index in [1.165, 1.54) is 0 Å². The minimum absolute atomic E-state index is 0.0625. The van der Waals surface area contributed by atoms with Crippen LogP contribution in [0.3, 0.4) is 0 Å². The second-order valence-electron chi connectivity index (χ2n) is 5.65. The minimum atomic E-state index is 0.0625. The molecule has 2 aromatic rings. The Morgan fingerprint density at radius 2 is 2.25 bits per heavy atom. The SMILES string of the molecule is COCCNc1nc(-c2ccccn2)nc2c1CCN(C(C)=O)C2. The number of nitrogens with zero attached hydrogens (tertiary/aromatic N) is 4. The van der Waals surface area contributed by atoms with Crippen LogP contribution in [0.1, 0.15) is 18.2 Å². The van der Waals surface area contributed by atoms with Crippen molar-refractivity contribution in [1.82, 2.24) is 19.9 Å². The predicted molar refractivity (Wildman–Crippen MR) is 90.4 cm³/mol. The summed E-state index contributed by atoms with van der Waals surface area (Å²) in [6.07, 6.45) is 2.46. The fraction of sp³-hybridized carbons (Fsp3) is 0.412. The monoisotopic (exact) mass is 327 g/mol. The fourth-order valence-corrected chi connectivity index (χ4v) is 2.73. The lowest BCUT2D eigenvalue weighted by atomic mass is 10.0. The van der Waals surface area contributed by atoms with E-state index in [-0.39, 0.29) is 5.91 Å². The minimum Gasteiger partial charge on any atom is -0.383 e. The number of amides is 1. The number of nitrogens with one attached hydrogen (secondary N) is 1. The molecule has 0 spiro atoms. The first kappa shape index (κ1) is 16.3. The highest BCUT2D eigenvalue weighted by molar-refractivity contribution is 5.74. The van der Waals surface area contributed by atoms with Gasteiger partial charge in [0.15, 0.2) is 5.82 Å². The van der Waals surface area contributed by atoms with Crippen molar-refractivity contribution in [2.75, 3.05) is 32.1 Å². The van der Waals surface area contributed by atoms with Crippen molar-refractivity contribution in [2.45, 2.75) is 19.9 Å². The van der Waals surface area contributed by atoms with Gasteiger partial charge in [0.25, 0.3) is 0 Å². The lowest BCUT2D eigenvalue weighted by Crippen LogP contribution is -2.35. The first-order valence-corrected chi connectivity index (χ1v) is 7.98. The van der Waals surface area contributed by atoms with Crippen molar-refractivity contribution in [1.29, 1.82) is 0 Å². The summed E-state index contributed by atoms with van der Waals surface area (Å²) in [5.74, 6) is 1.44. The molecule has 3 heterocycles. The van der Waals surface area contributed by atoms with E-state index in [4.69, 9.17) is 4.74 Å². The van der Waals surface area contributed by atoms with E-state index in [1.807, 2.05) is 18.2 Å². The van der Waals surface area contributed by atoms with Crippen molar-refractivity contribution in [3.8, 4) is 11.5 Å². The lowest BCUT2D eigenvalue weighted by molar-refractivity contribution is -0.129. The number of carbonyl (C=O) groups excluding carboxylic acids is 1. The van der Waals surface area contributed by atoms with Crippen LogP contribution in [0, 0.1) is 0 Å². The van der Waals surface area contributed by atoms with Crippen LogP contribution in [0.4, 0.5) is 5.82 Å². The molecule has 0 unspecified atom stereocenters. The molecule has 24 heavy (non-hydrogen) atoms. The van der Waals surface area contributed by atoms with E-state index in [0.29, 0.717) is 32.1 Å². The zero-order chi connectivity index (χ0) is 16.9. The molecule has 1 amide bonds. The fourth-order valence-electron chi connectivity index (χ4n) is 2.73. The quantitative estimate of drug-likeness (QED) is 0.838. The van der Waals surface area contributed by atoms with E-state index in [2.05, 4.69) is 20.3 Å². The second-order valence-corrected chi connectivity index (χ2v) is 5.65. The van der Waals surface area contributed by atoms with Gasteiger partial charge < -0.3 is 15.0 Å². The summed E-state index contributed by atoms with van der Waals surface area (Å²) in [4.78, 5) is 27.2. The number of methoxy groups -OCH3 is 1. The van der Waals surface area contributed by atoms with Gasteiger partial charge >= 0.3 is 0 Å². The number of fused-ring (bicyclic) bond motifs is 1. The number of anilines is 1. The molecule has 0 saturated heterocycles. The molecule has 7 heteroatoms. The van der Waals surface area contributed by atoms with Crippen LogP contribution in [0.15, 0.2) is 24.4 Å². The van der Waals surface area contributed by atoms with Gasteiger partial charge in [0, 0.05) is 38.9 Å². The van der Waals surface area contributed by atoms with Crippen molar-refractivity contribution in [3.63, 3.8) is 0 Å². The normalized spacial score (nSPS) is 13.5. The average molecular weight is 327 g/mol. The Bertz CT molecular complexity index is 720. The standard InChI is InChI=1S/C17H21N5O2/c1-12(23)22-9-6-13-15(11-22)20-17(14-5-3-4-7-18-14)21-16(13)19-8-10-24-2/h3-5,7H,6,8-11H2,1-2H3,(H,19,20,21). The summed E-state index contributed by atoms with van der Waals surface area (Å²) in [5, 5.41) is 3.32. The third-order valence-electron chi connectivity index (χ3n) is 4.00. The number of pyridine rings is 1. The second kappa shape index (κ2) is 7.35. The molecule has 0 fully saturated rings. The van der Waals surface area contributed by atoms with E-state index >= 15 is 0 Å². The Hall–Kier alpha value is -2.54. The van der Waals surface area contributed by atoms with Crippen molar-refractivity contribution in [2.24, 2.45) is 0 Å². The maximum atomic E-state index is 11.7. The molecule has 0 aromatic carbocycles. The van der Waals surface area contributed by atoms with Crippen LogP contribution in [0.2, 0.25) is 0 Å². The van der Waals surface area contributed by atoms with Gasteiger partial charge in [-0.05, 0) is 18.6 Å². The maximum Gasteiger partial charge on any atom is 0.219 e. The summed E-state index contributed by atoms with van der Waals surface area (Å²) >= 11 is 0. The zero-order valence-electron chi connectivity index (χ0n) is 14.0. The molecule has 1 aliphatic heterocycles. The molecule has 126 valence electrons. The Kier molecular flexibility index (Phi) is 5.00. The highest BCUT2D eigenvalue weighted by Gasteiger charge is 2.24. The van der Waals surface area contributed by atoms with Gasteiger partial charge in [0.1, 0.15) is 11.5 Å². The zero-order valence-corrected chi connectivity index (χ0v) is 14.0. The Balaban J connectivity index is 1.98. The van der Waals surface area contributed by atoms with Crippen molar-refractivity contribution in [3.05, 3.63) is 35.7 Å². The predicted octanol–water partition coefficient (Wildman–Crippen LogP) is 1.50. The molecule has 7 nitrogen and oxygen atoms in total. The largest absolute Gasteiger partial charge is 0.383 e. The Morgan fingerprint density at radius 1 is 1.38 bits per heavy atom. The number of rotatable bonds is 5. The van der Waals surface area contributed by atoms with E-state index in [1.54, 1.807) is 25.1 Å². The Morgan fingerprint density at radius 3 is 2.96 bits per heavy atom. The van der Waals surface area contributed by atoms with Crippen LogP contribution in [0.25, 0.3) is 11.5 Å². The van der Waals surface area contributed by atoms with Gasteiger partial charge in [-0.3, -0.25) is 9.78 Å². The Labute approximate surface area is 141 Å². The maximum absolute atomic E-state index is 11.7. The summed E-state index contributed by atoms with van der Waals surface area (Å²) in [6.45, 7) is 4.04. The van der Waals surface area contributed by atoms with Gasteiger partial charge in [0.2, 0.25) is 5.91 Å².